The zero-order valence-electron chi connectivity index (χ0n) is 16.6. The Labute approximate surface area is 175 Å². The van der Waals surface area contributed by atoms with E-state index in [1.807, 2.05) is 24.3 Å². The van der Waals surface area contributed by atoms with Crippen LogP contribution in [0.15, 0.2) is 78.9 Å². The highest BCUT2D eigenvalue weighted by Crippen LogP contribution is 2.35. The van der Waals surface area contributed by atoms with Crippen LogP contribution in [-0.4, -0.2) is 22.9 Å². The second-order valence-electron chi connectivity index (χ2n) is 7.79. The molecule has 0 aliphatic carbocycles. The van der Waals surface area contributed by atoms with Gasteiger partial charge >= 0.3 is 0 Å². The Bertz CT molecular complexity index is 1370. The van der Waals surface area contributed by atoms with Gasteiger partial charge in [-0.25, -0.2) is 0 Å². The number of aliphatic hydroxyl groups excluding tert-OH is 2. The fraction of sp³-hybridized carbons (Fsp3) is 0.143. The van der Waals surface area contributed by atoms with Crippen molar-refractivity contribution < 1.29 is 10.2 Å². The minimum Gasteiger partial charge on any atom is -0.396 e. The van der Waals surface area contributed by atoms with Crippen molar-refractivity contribution in [2.75, 3.05) is 6.61 Å². The predicted molar refractivity (Wildman–Crippen MR) is 124 cm³/mol. The Morgan fingerprint density at radius 1 is 0.700 bits per heavy atom. The molecule has 0 fully saturated rings. The molecule has 0 radical (unpaired) electrons. The molecule has 0 aliphatic heterocycles. The van der Waals surface area contributed by atoms with Crippen LogP contribution in [0.4, 0.5) is 0 Å². The van der Waals surface area contributed by atoms with Gasteiger partial charge < -0.3 is 10.2 Å². The maximum absolute atomic E-state index is 9.85. The summed E-state index contributed by atoms with van der Waals surface area (Å²) >= 11 is 0. The maximum Gasteiger partial charge on any atom is 0.0602 e. The van der Waals surface area contributed by atoms with Crippen LogP contribution in [0.3, 0.4) is 0 Å². The molecule has 1 atom stereocenters. The van der Waals surface area contributed by atoms with Crippen LogP contribution in [0.2, 0.25) is 0 Å². The SMILES string of the molecule is OCCC(O)Cc1ccc(C#Cc2ccc3ccc4cccc5ccc2c3c45)cc1. The van der Waals surface area contributed by atoms with Gasteiger partial charge in [0.2, 0.25) is 0 Å². The Hall–Kier alpha value is -3.38. The normalized spacial score (nSPS) is 12.3. The number of hydrogen-bond donors (Lipinski definition) is 2. The fourth-order valence-corrected chi connectivity index (χ4v) is 4.23. The fourth-order valence-electron chi connectivity index (χ4n) is 4.23. The van der Waals surface area contributed by atoms with Crippen LogP contribution in [0.5, 0.6) is 0 Å². The van der Waals surface area contributed by atoms with E-state index in [4.69, 9.17) is 5.11 Å². The molecule has 0 spiro atoms. The Morgan fingerprint density at radius 2 is 1.37 bits per heavy atom. The van der Waals surface area contributed by atoms with E-state index < -0.39 is 6.10 Å². The largest absolute Gasteiger partial charge is 0.396 e. The second-order valence-corrected chi connectivity index (χ2v) is 7.79. The van der Waals surface area contributed by atoms with Crippen LogP contribution >= 0.6 is 0 Å². The van der Waals surface area contributed by atoms with Crippen LogP contribution in [-0.2, 0) is 6.42 Å². The zero-order chi connectivity index (χ0) is 20.5. The molecule has 0 saturated heterocycles. The zero-order valence-corrected chi connectivity index (χ0v) is 16.6. The number of aliphatic hydroxyl groups is 2. The minimum absolute atomic E-state index is 0.00401. The lowest BCUT2D eigenvalue weighted by molar-refractivity contribution is 0.133. The topological polar surface area (TPSA) is 40.5 Å². The van der Waals surface area contributed by atoms with Gasteiger partial charge in [0.05, 0.1) is 6.10 Å². The van der Waals surface area contributed by atoms with E-state index in [9.17, 15) is 5.11 Å². The standard InChI is InChI=1S/C28H22O2/c29-17-16-25(30)18-20-6-4-19(5-7-20)8-9-21-10-11-24-13-12-22-2-1-3-23-14-15-26(21)28(24)27(22)23/h1-7,10-15,25,29-30H,16-18H2. The molecule has 5 rings (SSSR count). The Balaban J connectivity index is 1.51. The van der Waals surface area contributed by atoms with Crippen molar-refractivity contribution >= 4 is 32.3 Å². The smallest absolute Gasteiger partial charge is 0.0602 e. The van der Waals surface area contributed by atoms with Crippen LogP contribution in [0.1, 0.15) is 23.1 Å². The van der Waals surface area contributed by atoms with Gasteiger partial charge in [0.25, 0.3) is 0 Å². The molecular formula is C28H22O2. The molecule has 0 bridgehead atoms. The third-order valence-corrected chi connectivity index (χ3v) is 5.76. The van der Waals surface area contributed by atoms with Crippen LogP contribution in [0.25, 0.3) is 32.3 Å². The monoisotopic (exact) mass is 390 g/mol. The van der Waals surface area contributed by atoms with Crippen molar-refractivity contribution in [3.8, 4) is 11.8 Å². The van der Waals surface area contributed by atoms with Gasteiger partial charge in [0.1, 0.15) is 0 Å². The molecule has 5 aromatic rings. The third-order valence-electron chi connectivity index (χ3n) is 5.76. The molecule has 2 N–H and O–H groups in total. The molecular weight excluding hydrogens is 368 g/mol. The second kappa shape index (κ2) is 7.80. The lowest BCUT2D eigenvalue weighted by Crippen LogP contribution is -2.12. The van der Waals surface area contributed by atoms with E-state index in [-0.39, 0.29) is 6.61 Å². The first-order valence-electron chi connectivity index (χ1n) is 10.3. The number of benzene rings is 5. The first-order valence-corrected chi connectivity index (χ1v) is 10.3. The van der Waals surface area contributed by atoms with Gasteiger partial charge in [-0.3, -0.25) is 0 Å². The van der Waals surface area contributed by atoms with Crippen LogP contribution in [0, 0.1) is 11.8 Å². The van der Waals surface area contributed by atoms with E-state index in [0.717, 1.165) is 16.7 Å². The quantitative estimate of drug-likeness (QED) is 0.324. The van der Waals surface area contributed by atoms with Crippen molar-refractivity contribution in [2.24, 2.45) is 0 Å². The minimum atomic E-state index is -0.510. The summed E-state index contributed by atoms with van der Waals surface area (Å²) in [5, 5.41) is 26.3. The van der Waals surface area contributed by atoms with Gasteiger partial charge in [-0.2, -0.15) is 0 Å². The van der Waals surface area contributed by atoms with Crippen molar-refractivity contribution in [3.05, 3.63) is 95.6 Å². The highest BCUT2D eigenvalue weighted by molar-refractivity contribution is 6.23. The first kappa shape index (κ1) is 18.6. The Kier molecular flexibility index (Phi) is 4.85. The van der Waals surface area contributed by atoms with E-state index >= 15 is 0 Å². The molecule has 1 unspecified atom stereocenters. The molecule has 0 amide bonds. The highest BCUT2D eigenvalue weighted by atomic mass is 16.3. The summed E-state index contributed by atoms with van der Waals surface area (Å²) in [6.07, 6.45) is 0.434. The summed E-state index contributed by atoms with van der Waals surface area (Å²) in [4.78, 5) is 0. The lowest BCUT2D eigenvalue weighted by Gasteiger charge is -2.11. The molecule has 0 aliphatic rings. The van der Waals surface area contributed by atoms with E-state index in [2.05, 4.69) is 66.4 Å². The number of hydrogen-bond acceptors (Lipinski definition) is 2. The summed E-state index contributed by atoms with van der Waals surface area (Å²) in [7, 11) is 0. The van der Waals surface area contributed by atoms with Gasteiger partial charge in [-0.15, -0.1) is 0 Å². The molecule has 2 heteroatoms. The Morgan fingerprint density at radius 3 is 2.10 bits per heavy atom. The predicted octanol–water partition coefficient (Wildman–Crippen LogP) is 5.27. The van der Waals surface area contributed by atoms with Gasteiger partial charge in [0, 0.05) is 17.7 Å². The van der Waals surface area contributed by atoms with Gasteiger partial charge in [-0.1, -0.05) is 72.5 Å². The van der Waals surface area contributed by atoms with Crippen molar-refractivity contribution in [3.63, 3.8) is 0 Å². The van der Waals surface area contributed by atoms with Crippen molar-refractivity contribution in [1.82, 2.24) is 0 Å². The average Bonchev–Trinajstić information content (AvgIpc) is 2.77. The summed E-state index contributed by atoms with van der Waals surface area (Å²) in [5.41, 5.74) is 3.02. The molecule has 5 aromatic carbocycles. The summed E-state index contributed by atoms with van der Waals surface area (Å²) in [5.74, 6) is 6.65. The summed E-state index contributed by atoms with van der Waals surface area (Å²) in [6, 6.07) is 27.4. The molecule has 2 nitrogen and oxygen atoms in total. The molecule has 0 aromatic heterocycles. The molecule has 0 heterocycles. The average molecular weight is 390 g/mol. The van der Waals surface area contributed by atoms with Crippen molar-refractivity contribution in [2.45, 2.75) is 18.9 Å². The highest BCUT2D eigenvalue weighted by Gasteiger charge is 2.09. The van der Waals surface area contributed by atoms with E-state index in [1.165, 1.54) is 32.3 Å². The summed E-state index contributed by atoms with van der Waals surface area (Å²) in [6.45, 7) is 0.00401. The maximum atomic E-state index is 9.85. The molecule has 30 heavy (non-hydrogen) atoms. The molecule has 0 saturated carbocycles. The van der Waals surface area contributed by atoms with Crippen molar-refractivity contribution in [1.29, 1.82) is 0 Å². The van der Waals surface area contributed by atoms with E-state index in [0.29, 0.717) is 12.8 Å². The van der Waals surface area contributed by atoms with Gasteiger partial charge in [0.15, 0.2) is 0 Å². The van der Waals surface area contributed by atoms with E-state index in [1.54, 1.807) is 0 Å². The lowest BCUT2D eigenvalue weighted by atomic mass is 9.92. The number of rotatable bonds is 4. The molecule has 146 valence electrons. The van der Waals surface area contributed by atoms with Gasteiger partial charge in [-0.05, 0) is 68.9 Å². The summed E-state index contributed by atoms with van der Waals surface area (Å²) < 4.78 is 0. The third kappa shape index (κ3) is 3.39. The van der Waals surface area contributed by atoms with Crippen LogP contribution < -0.4 is 0 Å². The first-order chi connectivity index (χ1) is 14.7.